The molecule has 0 aliphatic carbocycles. The van der Waals surface area contributed by atoms with Crippen molar-refractivity contribution >= 4 is 17.2 Å². The van der Waals surface area contributed by atoms with Crippen molar-refractivity contribution in [3.05, 3.63) is 20.7 Å². The van der Waals surface area contributed by atoms with Crippen LogP contribution < -0.4 is 10.6 Å². The summed E-state index contributed by atoms with van der Waals surface area (Å²) >= 11 is 1.11. The monoisotopic (exact) mass is 213 g/mol. The zero-order chi connectivity index (χ0) is 10.1. The molecule has 2 heterocycles. The topological polar surface area (TPSA) is 79.2 Å². The van der Waals surface area contributed by atoms with E-state index in [9.17, 15) is 9.59 Å². The highest BCUT2D eigenvalue weighted by Crippen LogP contribution is 2.12. The smallest absolute Gasteiger partial charge is 0.304 e. The molecule has 76 valence electrons. The molecule has 6 heteroatoms. The number of carbonyl (C=O) groups excluding carboxylic acids is 1. The molecule has 5 nitrogen and oxygen atoms in total. The van der Waals surface area contributed by atoms with Gasteiger partial charge in [0.1, 0.15) is 0 Å². The van der Waals surface area contributed by atoms with Gasteiger partial charge in [-0.3, -0.25) is 9.59 Å². The van der Waals surface area contributed by atoms with Crippen LogP contribution in [-0.4, -0.2) is 28.4 Å². The number of carbonyl (C=O) groups is 1. The van der Waals surface area contributed by atoms with E-state index in [-0.39, 0.29) is 16.8 Å². The number of H-pyrrole nitrogens is 1. The lowest BCUT2D eigenvalue weighted by molar-refractivity contribution is -0.128. The molecule has 1 amide bonds. The molecular formula is C8H11N3O2S. The van der Waals surface area contributed by atoms with Crippen LogP contribution >= 0.6 is 11.3 Å². The van der Waals surface area contributed by atoms with E-state index in [1.54, 1.807) is 10.3 Å². The van der Waals surface area contributed by atoms with Crippen molar-refractivity contribution in [2.24, 2.45) is 5.73 Å². The summed E-state index contributed by atoms with van der Waals surface area (Å²) in [5.41, 5.74) is 6.42. The first kappa shape index (κ1) is 9.42. The molecule has 2 rings (SSSR count). The van der Waals surface area contributed by atoms with E-state index in [0.717, 1.165) is 17.0 Å². The molecule has 1 aliphatic heterocycles. The Balaban J connectivity index is 2.05. The number of nitrogens with two attached hydrogens (primary N) is 1. The van der Waals surface area contributed by atoms with Crippen molar-refractivity contribution in [3.8, 4) is 0 Å². The van der Waals surface area contributed by atoms with Gasteiger partial charge < -0.3 is 15.6 Å². The zero-order valence-electron chi connectivity index (χ0n) is 7.53. The number of amides is 1. The van der Waals surface area contributed by atoms with E-state index in [1.165, 1.54) is 0 Å². The van der Waals surface area contributed by atoms with Gasteiger partial charge in [-0.2, -0.15) is 0 Å². The van der Waals surface area contributed by atoms with Crippen molar-refractivity contribution < 1.29 is 4.79 Å². The van der Waals surface area contributed by atoms with Crippen LogP contribution in [0.15, 0.2) is 10.2 Å². The zero-order valence-corrected chi connectivity index (χ0v) is 8.34. The normalized spacial score (nSPS) is 21.9. The lowest BCUT2D eigenvalue weighted by Gasteiger charge is -2.13. The number of nitrogens with one attached hydrogen (secondary N) is 1. The molecule has 1 unspecified atom stereocenters. The highest BCUT2D eigenvalue weighted by atomic mass is 32.1. The Morgan fingerprint density at radius 1 is 1.64 bits per heavy atom. The minimum absolute atomic E-state index is 0.0598. The van der Waals surface area contributed by atoms with Crippen molar-refractivity contribution in [3.63, 3.8) is 0 Å². The molecule has 0 spiro atoms. The summed E-state index contributed by atoms with van der Waals surface area (Å²) in [5.74, 6) is 0.0598. The van der Waals surface area contributed by atoms with Gasteiger partial charge in [0.05, 0.1) is 6.54 Å². The number of rotatable bonds is 2. The van der Waals surface area contributed by atoms with Crippen LogP contribution in [0.3, 0.4) is 0 Å². The largest absolute Gasteiger partial charge is 0.335 e. The predicted octanol–water partition coefficient (Wildman–Crippen LogP) is -0.504. The number of aromatic amines is 1. The highest BCUT2D eigenvalue weighted by Gasteiger charge is 2.26. The van der Waals surface area contributed by atoms with Gasteiger partial charge in [0.25, 0.3) is 0 Å². The average molecular weight is 213 g/mol. The summed E-state index contributed by atoms with van der Waals surface area (Å²) in [6, 6.07) is -0.0622. The first-order valence-electron chi connectivity index (χ1n) is 4.35. The molecule has 14 heavy (non-hydrogen) atoms. The van der Waals surface area contributed by atoms with Crippen LogP contribution in [0, 0.1) is 0 Å². The van der Waals surface area contributed by atoms with Gasteiger partial charge in [0, 0.05) is 30.1 Å². The maximum absolute atomic E-state index is 11.4. The summed E-state index contributed by atoms with van der Waals surface area (Å²) < 4.78 is 0. The number of hydrogen-bond donors (Lipinski definition) is 2. The van der Waals surface area contributed by atoms with Crippen molar-refractivity contribution in [2.45, 2.75) is 19.0 Å². The van der Waals surface area contributed by atoms with Gasteiger partial charge in [-0.1, -0.05) is 11.3 Å². The van der Waals surface area contributed by atoms with E-state index in [0.29, 0.717) is 19.5 Å². The fraction of sp³-hybridized carbons (Fsp3) is 0.500. The maximum Gasteiger partial charge on any atom is 0.304 e. The summed E-state index contributed by atoms with van der Waals surface area (Å²) in [6.45, 7) is 1.04. The molecule has 1 atom stereocenters. The summed E-state index contributed by atoms with van der Waals surface area (Å²) in [7, 11) is 0. The van der Waals surface area contributed by atoms with E-state index in [4.69, 9.17) is 5.73 Å². The number of aromatic nitrogens is 1. The van der Waals surface area contributed by atoms with Crippen LogP contribution in [0.2, 0.25) is 0 Å². The standard InChI is InChI=1S/C8H11N3O2S/c9-5-1-7(12)11(2-5)3-6-4-14-8(13)10-6/h4-5H,1-3,9H2,(H,10,13). The van der Waals surface area contributed by atoms with Crippen LogP contribution in [0.1, 0.15) is 12.1 Å². The Morgan fingerprint density at radius 3 is 2.93 bits per heavy atom. The van der Waals surface area contributed by atoms with Gasteiger partial charge in [0.2, 0.25) is 5.91 Å². The Hall–Kier alpha value is -1.14. The number of thiazole rings is 1. The summed E-state index contributed by atoms with van der Waals surface area (Å²) in [5, 5.41) is 1.74. The van der Waals surface area contributed by atoms with Gasteiger partial charge in [-0.15, -0.1) is 0 Å². The first-order valence-corrected chi connectivity index (χ1v) is 5.23. The second-order valence-electron chi connectivity index (χ2n) is 3.41. The van der Waals surface area contributed by atoms with E-state index in [1.807, 2.05) is 0 Å². The summed E-state index contributed by atoms with van der Waals surface area (Å²) in [6.07, 6.45) is 0.411. The molecule has 3 N–H and O–H groups in total. The van der Waals surface area contributed by atoms with Crippen LogP contribution in [0.4, 0.5) is 0 Å². The molecule has 1 fully saturated rings. The lowest BCUT2D eigenvalue weighted by Crippen LogP contribution is -2.28. The third kappa shape index (κ3) is 1.85. The van der Waals surface area contributed by atoms with Gasteiger partial charge >= 0.3 is 4.87 Å². The molecule has 0 saturated carbocycles. The Bertz CT molecular complexity index is 397. The summed E-state index contributed by atoms with van der Waals surface area (Å²) in [4.78, 5) is 26.4. The molecule has 1 saturated heterocycles. The second kappa shape index (κ2) is 3.55. The van der Waals surface area contributed by atoms with E-state index < -0.39 is 0 Å². The quantitative estimate of drug-likeness (QED) is 0.695. The first-order chi connectivity index (χ1) is 6.65. The maximum atomic E-state index is 11.4. The SMILES string of the molecule is NC1CC(=O)N(Cc2csc(=O)[nH]2)C1. The minimum atomic E-state index is -0.0871. The molecule has 1 aromatic heterocycles. The molecule has 0 bridgehead atoms. The second-order valence-corrected chi connectivity index (χ2v) is 4.25. The van der Waals surface area contributed by atoms with Crippen LogP contribution in [-0.2, 0) is 11.3 Å². The van der Waals surface area contributed by atoms with Crippen molar-refractivity contribution in [1.29, 1.82) is 0 Å². The number of likely N-dealkylation sites (tertiary alicyclic amines) is 1. The van der Waals surface area contributed by atoms with Crippen LogP contribution in [0.5, 0.6) is 0 Å². The van der Waals surface area contributed by atoms with Gasteiger partial charge in [-0.05, 0) is 0 Å². The van der Waals surface area contributed by atoms with E-state index in [2.05, 4.69) is 4.98 Å². The van der Waals surface area contributed by atoms with Crippen LogP contribution in [0.25, 0.3) is 0 Å². The number of nitrogens with zero attached hydrogens (tertiary/aromatic N) is 1. The molecule has 1 aliphatic rings. The molecular weight excluding hydrogens is 202 g/mol. The fourth-order valence-corrected chi connectivity index (χ4v) is 2.13. The Kier molecular flexibility index (Phi) is 2.39. The molecule has 0 aromatic carbocycles. The molecule has 1 aromatic rings. The lowest BCUT2D eigenvalue weighted by atomic mass is 10.3. The minimum Gasteiger partial charge on any atom is -0.335 e. The third-order valence-electron chi connectivity index (χ3n) is 2.18. The predicted molar refractivity (Wildman–Crippen MR) is 52.9 cm³/mol. The van der Waals surface area contributed by atoms with Crippen molar-refractivity contribution in [2.75, 3.05) is 6.54 Å². The highest BCUT2D eigenvalue weighted by molar-refractivity contribution is 7.07. The fourth-order valence-electron chi connectivity index (χ4n) is 1.55. The Morgan fingerprint density at radius 2 is 2.43 bits per heavy atom. The van der Waals surface area contributed by atoms with Gasteiger partial charge in [0.15, 0.2) is 0 Å². The van der Waals surface area contributed by atoms with Gasteiger partial charge in [-0.25, -0.2) is 0 Å². The third-order valence-corrected chi connectivity index (χ3v) is 2.89. The Labute approximate surface area is 84.5 Å². The average Bonchev–Trinajstić information content (AvgIpc) is 2.61. The van der Waals surface area contributed by atoms with Crippen molar-refractivity contribution in [1.82, 2.24) is 9.88 Å². The van der Waals surface area contributed by atoms with E-state index >= 15 is 0 Å². The molecule has 0 radical (unpaired) electrons. The number of hydrogen-bond acceptors (Lipinski definition) is 4.